The van der Waals surface area contributed by atoms with Gasteiger partial charge in [-0.3, -0.25) is 0 Å². The summed E-state index contributed by atoms with van der Waals surface area (Å²) in [5.74, 6) is 0.483. The molecule has 0 radical (unpaired) electrons. The number of ether oxygens (including phenoxy) is 1. The van der Waals surface area contributed by atoms with Gasteiger partial charge in [0.05, 0.1) is 17.7 Å². The zero-order valence-electron chi connectivity index (χ0n) is 10.3. The number of halogens is 1. The topological polar surface area (TPSA) is 53.2 Å². The van der Waals surface area contributed by atoms with Crippen molar-refractivity contribution in [1.29, 1.82) is 5.26 Å². The number of hydrogen-bond acceptors (Lipinski definition) is 3. The Labute approximate surface area is 110 Å². The Morgan fingerprint density at radius 1 is 1.21 bits per heavy atom. The summed E-state index contributed by atoms with van der Waals surface area (Å²) in [6, 6.07) is 12.5. The van der Waals surface area contributed by atoms with Gasteiger partial charge in [-0.05, 0) is 49.4 Å². The Kier molecular flexibility index (Phi) is 3.79. The highest BCUT2D eigenvalue weighted by Gasteiger charge is 2.11. The molecule has 0 amide bonds. The smallest absolute Gasteiger partial charge is 0.133 e. The van der Waals surface area contributed by atoms with Crippen molar-refractivity contribution in [2.24, 2.45) is 0 Å². The number of aliphatic hydroxyl groups excluding tert-OH is 1. The highest BCUT2D eigenvalue weighted by molar-refractivity contribution is 5.41. The van der Waals surface area contributed by atoms with Gasteiger partial charge in [0.1, 0.15) is 17.3 Å². The fourth-order valence-corrected chi connectivity index (χ4v) is 1.66. The second kappa shape index (κ2) is 5.51. The van der Waals surface area contributed by atoms with E-state index in [1.807, 2.05) is 6.07 Å². The normalized spacial score (nSPS) is 11.7. The molecule has 0 fully saturated rings. The highest BCUT2D eigenvalue weighted by Crippen LogP contribution is 2.30. The standard InChI is InChI=1S/C15H12FNO2/c1-10(18)14-8-12(16)4-7-15(14)19-13-5-2-11(9-17)3-6-13/h2-8,10,18H,1H3/t10-/m0/s1. The Hall–Kier alpha value is -2.38. The lowest BCUT2D eigenvalue weighted by atomic mass is 10.1. The molecule has 0 spiro atoms. The minimum atomic E-state index is -0.830. The van der Waals surface area contributed by atoms with Gasteiger partial charge in [0, 0.05) is 5.56 Å². The van der Waals surface area contributed by atoms with Crippen LogP contribution >= 0.6 is 0 Å². The maximum atomic E-state index is 13.1. The third kappa shape index (κ3) is 3.09. The first-order chi connectivity index (χ1) is 9.10. The molecule has 0 aromatic heterocycles. The van der Waals surface area contributed by atoms with Gasteiger partial charge in [-0.15, -0.1) is 0 Å². The van der Waals surface area contributed by atoms with Crippen LogP contribution in [0.5, 0.6) is 11.5 Å². The summed E-state index contributed by atoms with van der Waals surface area (Å²) in [7, 11) is 0. The van der Waals surface area contributed by atoms with E-state index in [9.17, 15) is 9.50 Å². The summed E-state index contributed by atoms with van der Waals surface area (Å²) >= 11 is 0. The predicted octanol–water partition coefficient (Wildman–Crippen LogP) is 3.54. The quantitative estimate of drug-likeness (QED) is 0.914. The molecule has 4 heteroatoms. The van der Waals surface area contributed by atoms with E-state index in [0.29, 0.717) is 22.6 Å². The molecule has 0 aliphatic heterocycles. The van der Waals surface area contributed by atoms with Gasteiger partial charge < -0.3 is 9.84 Å². The first-order valence-corrected chi connectivity index (χ1v) is 5.75. The van der Waals surface area contributed by atoms with Crippen LogP contribution in [0.4, 0.5) is 4.39 Å². The zero-order valence-corrected chi connectivity index (χ0v) is 10.3. The highest BCUT2D eigenvalue weighted by atomic mass is 19.1. The van der Waals surface area contributed by atoms with Crippen LogP contribution in [-0.2, 0) is 0 Å². The number of aliphatic hydroxyl groups is 1. The SMILES string of the molecule is C[C@H](O)c1cc(F)ccc1Oc1ccc(C#N)cc1. The minimum Gasteiger partial charge on any atom is -0.457 e. The molecule has 2 aromatic carbocycles. The van der Waals surface area contributed by atoms with Crippen molar-refractivity contribution in [2.75, 3.05) is 0 Å². The number of nitriles is 1. The van der Waals surface area contributed by atoms with E-state index in [-0.39, 0.29) is 0 Å². The van der Waals surface area contributed by atoms with Crippen molar-refractivity contribution in [2.45, 2.75) is 13.0 Å². The molecule has 0 aliphatic carbocycles. The average Bonchev–Trinajstić information content (AvgIpc) is 2.41. The molecular weight excluding hydrogens is 245 g/mol. The summed E-state index contributed by atoms with van der Waals surface area (Å²) in [5, 5.41) is 18.3. The fourth-order valence-electron chi connectivity index (χ4n) is 1.66. The van der Waals surface area contributed by atoms with Gasteiger partial charge in [0.2, 0.25) is 0 Å². The lowest BCUT2D eigenvalue weighted by molar-refractivity contribution is 0.195. The molecular formula is C15H12FNO2. The van der Waals surface area contributed by atoms with Crippen molar-refractivity contribution >= 4 is 0 Å². The average molecular weight is 257 g/mol. The second-order valence-electron chi connectivity index (χ2n) is 4.10. The molecule has 96 valence electrons. The maximum Gasteiger partial charge on any atom is 0.133 e. The number of hydrogen-bond donors (Lipinski definition) is 1. The third-order valence-electron chi connectivity index (χ3n) is 2.63. The van der Waals surface area contributed by atoms with E-state index in [4.69, 9.17) is 10.00 Å². The van der Waals surface area contributed by atoms with Crippen molar-refractivity contribution in [3.8, 4) is 17.6 Å². The Balaban J connectivity index is 2.30. The van der Waals surface area contributed by atoms with Gasteiger partial charge in [0.25, 0.3) is 0 Å². The second-order valence-corrected chi connectivity index (χ2v) is 4.10. The lowest BCUT2D eigenvalue weighted by Crippen LogP contribution is -1.97. The van der Waals surface area contributed by atoms with E-state index in [0.717, 1.165) is 0 Å². The van der Waals surface area contributed by atoms with Gasteiger partial charge in [-0.1, -0.05) is 0 Å². The van der Waals surface area contributed by atoms with E-state index in [1.54, 1.807) is 31.2 Å². The zero-order chi connectivity index (χ0) is 13.8. The van der Waals surface area contributed by atoms with Gasteiger partial charge in [-0.2, -0.15) is 5.26 Å². The molecule has 0 unspecified atom stereocenters. The van der Waals surface area contributed by atoms with Gasteiger partial charge >= 0.3 is 0 Å². The molecule has 0 saturated heterocycles. The van der Waals surface area contributed by atoms with E-state index in [1.165, 1.54) is 18.2 Å². The summed E-state index contributed by atoms with van der Waals surface area (Å²) in [5.41, 5.74) is 0.909. The molecule has 19 heavy (non-hydrogen) atoms. The molecule has 0 saturated carbocycles. The molecule has 0 aliphatic rings. The Morgan fingerprint density at radius 2 is 1.89 bits per heavy atom. The summed E-state index contributed by atoms with van der Waals surface area (Å²) in [6.45, 7) is 1.54. The first-order valence-electron chi connectivity index (χ1n) is 5.75. The number of benzene rings is 2. The minimum absolute atomic E-state index is 0.379. The van der Waals surface area contributed by atoms with E-state index in [2.05, 4.69) is 0 Å². The third-order valence-corrected chi connectivity index (χ3v) is 2.63. The van der Waals surface area contributed by atoms with Crippen molar-refractivity contribution < 1.29 is 14.2 Å². The molecule has 2 aromatic rings. The van der Waals surface area contributed by atoms with Crippen molar-refractivity contribution in [3.63, 3.8) is 0 Å². The molecule has 0 heterocycles. The van der Waals surface area contributed by atoms with Crippen LogP contribution in [0.3, 0.4) is 0 Å². The van der Waals surface area contributed by atoms with Crippen LogP contribution in [0.2, 0.25) is 0 Å². The van der Waals surface area contributed by atoms with Gasteiger partial charge in [0.15, 0.2) is 0 Å². The van der Waals surface area contributed by atoms with Crippen LogP contribution in [0.25, 0.3) is 0 Å². The molecule has 0 bridgehead atoms. The van der Waals surface area contributed by atoms with Crippen LogP contribution in [0.15, 0.2) is 42.5 Å². The summed E-state index contributed by atoms with van der Waals surface area (Å²) in [4.78, 5) is 0. The van der Waals surface area contributed by atoms with Crippen LogP contribution < -0.4 is 4.74 Å². The molecule has 1 N–H and O–H groups in total. The number of nitrogens with zero attached hydrogens (tertiary/aromatic N) is 1. The monoisotopic (exact) mass is 257 g/mol. The van der Waals surface area contributed by atoms with Crippen LogP contribution in [-0.4, -0.2) is 5.11 Å². The summed E-state index contributed by atoms with van der Waals surface area (Å²) < 4.78 is 18.7. The first kappa shape index (κ1) is 13.1. The summed E-state index contributed by atoms with van der Waals surface area (Å²) in [6.07, 6.45) is -0.830. The predicted molar refractivity (Wildman–Crippen MR) is 68.3 cm³/mol. The molecule has 3 nitrogen and oxygen atoms in total. The Bertz CT molecular complexity index is 615. The molecule has 1 atom stereocenters. The molecule has 2 rings (SSSR count). The van der Waals surface area contributed by atoms with Crippen molar-refractivity contribution in [1.82, 2.24) is 0 Å². The van der Waals surface area contributed by atoms with Crippen molar-refractivity contribution in [3.05, 3.63) is 59.4 Å². The lowest BCUT2D eigenvalue weighted by Gasteiger charge is -2.13. The maximum absolute atomic E-state index is 13.1. The number of rotatable bonds is 3. The van der Waals surface area contributed by atoms with E-state index < -0.39 is 11.9 Å². The van der Waals surface area contributed by atoms with Gasteiger partial charge in [-0.25, -0.2) is 4.39 Å². The fraction of sp³-hybridized carbons (Fsp3) is 0.133. The van der Waals surface area contributed by atoms with E-state index >= 15 is 0 Å². The largest absolute Gasteiger partial charge is 0.457 e. The Morgan fingerprint density at radius 3 is 2.47 bits per heavy atom. The van der Waals surface area contributed by atoms with Crippen LogP contribution in [0, 0.1) is 17.1 Å². The van der Waals surface area contributed by atoms with Crippen LogP contribution in [0.1, 0.15) is 24.2 Å².